The zero-order valence-electron chi connectivity index (χ0n) is 12.3. The molecule has 1 heterocycles. The topological polar surface area (TPSA) is 33.0 Å². The van der Waals surface area contributed by atoms with Gasteiger partial charge < -0.3 is 4.43 Å². The maximum Gasteiger partial charge on any atom is 0.285 e. The Bertz CT molecular complexity index is 705. The molecular weight excluding hydrogens is 286 g/mol. The zero-order chi connectivity index (χ0) is 15.4. The Morgan fingerprint density at radius 3 is 2.05 bits per heavy atom. The molecule has 0 saturated carbocycles. The largest absolute Gasteiger partial charge is 0.404 e. The second-order valence-corrected chi connectivity index (χ2v) is 8.63. The molecule has 2 nitrogen and oxygen atoms in total. The lowest BCUT2D eigenvalue weighted by molar-refractivity contribution is 0.357. The number of benzene rings is 2. The van der Waals surface area contributed by atoms with E-state index in [9.17, 15) is 5.26 Å². The first-order valence-corrected chi connectivity index (χ1v) is 9.25. The van der Waals surface area contributed by atoms with E-state index in [1.165, 1.54) is 10.4 Å². The van der Waals surface area contributed by atoms with Crippen molar-refractivity contribution in [1.29, 1.82) is 5.26 Å². The smallest absolute Gasteiger partial charge is 0.285 e. The summed E-state index contributed by atoms with van der Waals surface area (Å²) in [7, 11) is -2.53. The third-order valence-electron chi connectivity index (χ3n) is 4.11. The summed E-state index contributed by atoms with van der Waals surface area (Å²) >= 11 is 0. The second kappa shape index (κ2) is 6.14. The third kappa shape index (κ3) is 2.23. The summed E-state index contributed by atoms with van der Waals surface area (Å²) in [4.78, 5) is 0. The van der Waals surface area contributed by atoms with Crippen LogP contribution in [-0.4, -0.2) is 14.9 Å². The molecule has 3 rings (SSSR count). The second-order valence-electron chi connectivity index (χ2n) is 5.22. The van der Waals surface area contributed by atoms with Crippen LogP contribution in [0.2, 0.25) is 0 Å². The predicted molar refractivity (Wildman–Crippen MR) is 91.3 cm³/mol. The van der Waals surface area contributed by atoms with E-state index in [0.29, 0.717) is 12.2 Å². The van der Waals surface area contributed by atoms with Crippen molar-refractivity contribution in [3.05, 3.63) is 84.1 Å². The van der Waals surface area contributed by atoms with Crippen LogP contribution in [0.3, 0.4) is 0 Å². The summed E-state index contributed by atoms with van der Waals surface area (Å²) in [6.45, 7) is 4.47. The molecule has 2 aromatic carbocycles. The van der Waals surface area contributed by atoms with Gasteiger partial charge in [-0.15, -0.1) is 0 Å². The summed E-state index contributed by atoms with van der Waals surface area (Å²) in [5, 5.41) is 13.0. The highest BCUT2D eigenvalue weighted by Gasteiger charge is 2.48. The Labute approximate surface area is 132 Å². The highest BCUT2D eigenvalue weighted by molar-refractivity contribution is 7.03. The molecule has 0 N–H and O–H groups in total. The van der Waals surface area contributed by atoms with Crippen molar-refractivity contribution in [3.8, 4) is 6.07 Å². The fourth-order valence-electron chi connectivity index (χ4n) is 3.16. The minimum Gasteiger partial charge on any atom is -0.404 e. The minimum absolute atomic E-state index is 0.657. The molecule has 0 amide bonds. The van der Waals surface area contributed by atoms with Crippen molar-refractivity contribution in [3.63, 3.8) is 0 Å². The first-order valence-electron chi connectivity index (χ1n) is 7.34. The molecule has 2 aromatic rings. The van der Waals surface area contributed by atoms with Crippen molar-refractivity contribution in [2.75, 3.05) is 6.61 Å². The molecule has 3 heteroatoms. The van der Waals surface area contributed by atoms with E-state index >= 15 is 0 Å². The van der Waals surface area contributed by atoms with Crippen LogP contribution in [0.4, 0.5) is 0 Å². The van der Waals surface area contributed by atoms with E-state index in [2.05, 4.69) is 36.9 Å². The fraction of sp³-hybridized carbons (Fsp3) is 0.105. The lowest BCUT2D eigenvalue weighted by Crippen LogP contribution is -2.60. The van der Waals surface area contributed by atoms with E-state index in [1.807, 2.05) is 36.4 Å². The van der Waals surface area contributed by atoms with Crippen LogP contribution in [0.15, 0.2) is 84.1 Å². The molecule has 0 radical (unpaired) electrons. The van der Waals surface area contributed by atoms with Crippen LogP contribution >= 0.6 is 0 Å². The van der Waals surface area contributed by atoms with Crippen molar-refractivity contribution in [2.24, 2.45) is 0 Å². The first kappa shape index (κ1) is 14.5. The summed E-state index contributed by atoms with van der Waals surface area (Å²) in [6.07, 6.45) is 2.46. The van der Waals surface area contributed by atoms with Crippen LogP contribution in [-0.2, 0) is 4.43 Å². The molecule has 1 fully saturated rings. The normalized spacial score (nSPS) is 18.5. The van der Waals surface area contributed by atoms with Crippen LogP contribution in [0.1, 0.15) is 6.42 Å². The monoisotopic (exact) mass is 303 g/mol. The van der Waals surface area contributed by atoms with E-state index in [0.717, 1.165) is 11.6 Å². The lowest BCUT2D eigenvalue weighted by atomic mass is 10.2. The third-order valence-corrected chi connectivity index (χ3v) is 8.41. The first-order chi connectivity index (χ1) is 10.8. The van der Waals surface area contributed by atoms with Gasteiger partial charge in [0, 0.05) is 12.2 Å². The van der Waals surface area contributed by atoms with E-state index in [4.69, 9.17) is 4.43 Å². The van der Waals surface area contributed by atoms with Crippen LogP contribution in [0.5, 0.6) is 0 Å². The van der Waals surface area contributed by atoms with Gasteiger partial charge in [-0.1, -0.05) is 73.3 Å². The van der Waals surface area contributed by atoms with Gasteiger partial charge in [0.05, 0.1) is 6.07 Å². The van der Waals surface area contributed by atoms with Crippen molar-refractivity contribution >= 4 is 18.7 Å². The highest BCUT2D eigenvalue weighted by atomic mass is 28.4. The number of nitriles is 1. The van der Waals surface area contributed by atoms with Crippen molar-refractivity contribution in [2.45, 2.75) is 6.42 Å². The summed E-state index contributed by atoms with van der Waals surface area (Å²) in [5.41, 5.74) is 0.664. The quantitative estimate of drug-likeness (QED) is 0.645. The summed E-state index contributed by atoms with van der Waals surface area (Å²) in [6, 6.07) is 22.9. The van der Waals surface area contributed by atoms with Gasteiger partial charge >= 0.3 is 0 Å². The van der Waals surface area contributed by atoms with Crippen molar-refractivity contribution < 1.29 is 4.43 Å². The SMILES string of the molecule is C=C/C(C#N)=C1\CCO[Si]1(c1ccccc1)c1ccccc1. The number of hydrogen-bond acceptors (Lipinski definition) is 2. The minimum atomic E-state index is -2.53. The molecule has 1 aliphatic heterocycles. The van der Waals surface area contributed by atoms with Gasteiger partial charge in [-0.25, -0.2) is 0 Å². The van der Waals surface area contributed by atoms with Gasteiger partial charge in [-0.3, -0.25) is 0 Å². The Morgan fingerprint density at radius 1 is 1.05 bits per heavy atom. The number of allylic oxidation sites excluding steroid dienone is 2. The zero-order valence-corrected chi connectivity index (χ0v) is 13.3. The molecule has 0 aromatic heterocycles. The number of hydrogen-bond donors (Lipinski definition) is 0. The molecule has 0 atom stereocenters. The fourth-order valence-corrected chi connectivity index (χ4v) is 7.42. The van der Waals surface area contributed by atoms with Crippen LogP contribution in [0, 0.1) is 11.3 Å². The standard InChI is InChI=1S/C19H17NOSi/c1-2-16(15-20)19-13-14-21-22(19,17-9-5-3-6-10-17)18-11-7-4-8-12-18/h2-12H,1,13-14H2/b19-16-. The van der Waals surface area contributed by atoms with E-state index in [1.54, 1.807) is 6.08 Å². The van der Waals surface area contributed by atoms with Gasteiger partial charge in [-0.2, -0.15) is 5.26 Å². The molecule has 1 saturated heterocycles. The lowest BCUT2D eigenvalue weighted by Gasteiger charge is -2.28. The van der Waals surface area contributed by atoms with Gasteiger partial charge in [0.25, 0.3) is 8.32 Å². The van der Waals surface area contributed by atoms with Crippen LogP contribution < -0.4 is 10.4 Å². The number of rotatable bonds is 3. The maximum atomic E-state index is 9.50. The van der Waals surface area contributed by atoms with Gasteiger partial charge in [0.2, 0.25) is 0 Å². The molecule has 0 aliphatic carbocycles. The van der Waals surface area contributed by atoms with Crippen molar-refractivity contribution in [1.82, 2.24) is 0 Å². The Kier molecular flexibility index (Phi) is 4.06. The number of nitrogens with zero attached hydrogens (tertiary/aromatic N) is 1. The predicted octanol–water partition coefficient (Wildman–Crippen LogP) is 2.71. The van der Waals surface area contributed by atoms with Gasteiger partial charge in [-0.05, 0) is 22.0 Å². The average Bonchev–Trinajstić information content (AvgIpc) is 3.03. The maximum absolute atomic E-state index is 9.50. The van der Waals surface area contributed by atoms with Crippen LogP contribution in [0.25, 0.3) is 0 Å². The summed E-state index contributed by atoms with van der Waals surface area (Å²) < 4.78 is 6.39. The molecule has 0 bridgehead atoms. The van der Waals surface area contributed by atoms with E-state index < -0.39 is 8.32 Å². The summed E-state index contributed by atoms with van der Waals surface area (Å²) in [5.74, 6) is 0. The molecule has 22 heavy (non-hydrogen) atoms. The van der Waals surface area contributed by atoms with E-state index in [-0.39, 0.29) is 0 Å². The molecule has 1 aliphatic rings. The Balaban J connectivity index is 2.32. The molecular formula is C19H17NOSi. The molecule has 108 valence electrons. The molecule has 0 spiro atoms. The van der Waals surface area contributed by atoms with Gasteiger partial charge in [0.1, 0.15) is 0 Å². The Hall–Kier alpha value is -2.41. The van der Waals surface area contributed by atoms with Gasteiger partial charge in [0.15, 0.2) is 0 Å². The Morgan fingerprint density at radius 2 is 1.59 bits per heavy atom. The average molecular weight is 303 g/mol. The molecule has 0 unspecified atom stereocenters. The highest BCUT2D eigenvalue weighted by Crippen LogP contribution is 2.30.